The highest BCUT2D eigenvalue weighted by Crippen LogP contribution is 2.40. The Bertz CT molecular complexity index is 711. The second kappa shape index (κ2) is 6.84. The van der Waals surface area contributed by atoms with E-state index in [0.717, 1.165) is 35.6 Å². The summed E-state index contributed by atoms with van der Waals surface area (Å²) in [4.78, 5) is 0. The lowest BCUT2D eigenvalue weighted by Crippen LogP contribution is -2.20. The second-order valence-electron chi connectivity index (χ2n) is 5.80. The van der Waals surface area contributed by atoms with Crippen molar-refractivity contribution in [3.05, 3.63) is 59.7 Å². The summed E-state index contributed by atoms with van der Waals surface area (Å²) in [6, 6.07) is 16.7. The van der Waals surface area contributed by atoms with E-state index >= 15 is 0 Å². The molecule has 3 rings (SSSR count). The van der Waals surface area contributed by atoms with Gasteiger partial charge in [0, 0.05) is 17.7 Å². The first-order valence-electron chi connectivity index (χ1n) is 7.98. The van der Waals surface area contributed by atoms with Crippen LogP contribution in [0, 0.1) is 6.92 Å². The van der Waals surface area contributed by atoms with Crippen molar-refractivity contribution < 1.29 is 4.74 Å². The summed E-state index contributed by atoms with van der Waals surface area (Å²) in [7, 11) is 1.72. The van der Waals surface area contributed by atoms with Gasteiger partial charge in [0.2, 0.25) is 0 Å². The highest BCUT2D eigenvalue weighted by atomic mass is 16.5. The normalized spacial score (nSPS) is 17.3. The van der Waals surface area contributed by atoms with E-state index in [9.17, 15) is 0 Å². The Morgan fingerprint density at radius 2 is 1.91 bits per heavy atom. The Morgan fingerprint density at radius 1 is 1.17 bits per heavy atom. The van der Waals surface area contributed by atoms with Gasteiger partial charge in [-0.2, -0.15) is 5.10 Å². The van der Waals surface area contributed by atoms with Gasteiger partial charge in [0.1, 0.15) is 5.75 Å². The number of methoxy groups -OCH3 is 1. The Kier molecular flexibility index (Phi) is 4.63. The Labute approximate surface area is 137 Å². The van der Waals surface area contributed by atoms with E-state index in [1.165, 1.54) is 5.56 Å². The minimum atomic E-state index is 0.147. The van der Waals surface area contributed by atoms with Gasteiger partial charge in [-0.25, -0.2) is 0 Å². The lowest BCUT2D eigenvalue weighted by atomic mass is 9.99. The third-order valence-corrected chi connectivity index (χ3v) is 4.27. The molecule has 2 aromatic carbocycles. The Balaban J connectivity index is 2.03. The molecule has 2 N–H and O–H groups in total. The first kappa shape index (κ1) is 15.6. The van der Waals surface area contributed by atoms with Gasteiger partial charge in [0.15, 0.2) is 0 Å². The van der Waals surface area contributed by atoms with E-state index in [-0.39, 0.29) is 6.04 Å². The molecule has 2 aromatic rings. The van der Waals surface area contributed by atoms with Crippen LogP contribution >= 0.6 is 0 Å². The van der Waals surface area contributed by atoms with Crippen LogP contribution in [0.15, 0.2) is 53.6 Å². The zero-order chi connectivity index (χ0) is 16.2. The summed E-state index contributed by atoms with van der Waals surface area (Å²) in [5, 5.41) is 6.98. The predicted molar refractivity (Wildman–Crippen MR) is 95.1 cm³/mol. The smallest absolute Gasteiger partial charge is 0.124 e. The monoisotopic (exact) mass is 309 g/mol. The lowest BCUT2D eigenvalue weighted by Gasteiger charge is -2.26. The van der Waals surface area contributed by atoms with Gasteiger partial charge >= 0.3 is 0 Å². The Morgan fingerprint density at radius 3 is 2.65 bits per heavy atom. The van der Waals surface area contributed by atoms with E-state index in [1.807, 2.05) is 12.1 Å². The summed E-state index contributed by atoms with van der Waals surface area (Å²) in [6.45, 7) is 2.74. The number of nitrogens with two attached hydrogens (primary N) is 1. The average Bonchev–Trinajstić information content (AvgIpc) is 2.99. The molecule has 4 nitrogen and oxygen atoms in total. The van der Waals surface area contributed by atoms with Crippen LogP contribution in [-0.4, -0.2) is 19.4 Å². The maximum Gasteiger partial charge on any atom is 0.124 e. The largest absolute Gasteiger partial charge is 0.496 e. The molecule has 0 radical (unpaired) electrons. The molecule has 1 unspecified atom stereocenters. The molecule has 4 heteroatoms. The maximum atomic E-state index is 5.74. The third kappa shape index (κ3) is 3.08. The molecule has 0 aliphatic carbocycles. The number of benzene rings is 2. The highest BCUT2D eigenvalue weighted by Gasteiger charge is 2.31. The van der Waals surface area contributed by atoms with Crippen LogP contribution in [-0.2, 0) is 0 Å². The molecule has 1 atom stereocenters. The first-order chi connectivity index (χ1) is 11.2. The molecule has 23 heavy (non-hydrogen) atoms. The number of aryl methyl sites for hydroxylation is 1. The standard InChI is InChI=1S/C19H23N3O/c1-14-7-3-5-9-17(14)22-18(13-15(21-22)11-12-20)16-8-4-6-10-19(16)23-2/h3-10,18H,11-13,20H2,1-2H3. The number of para-hydroxylation sites is 2. The number of ether oxygens (including phenoxy) is 1. The minimum Gasteiger partial charge on any atom is -0.496 e. The predicted octanol–water partition coefficient (Wildman–Crippen LogP) is 3.66. The summed E-state index contributed by atoms with van der Waals surface area (Å²) < 4.78 is 5.57. The van der Waals surface area contributed by atoms with E-state index in [2.05, 4.69) is 48.3 Å². The number of hydrogen-bond acceptors (Lipinski definition) is 4. The van der Waals surface area contributed by atoms with Gasteiger partial charge in [-0.1, -0.05) is 36.4 Å². The van der Waals surface area contributed by atoms with Crippen molar-refractivity contribution in [2.45, 2.75) is 25.8 Å². The van der Waals surface area contributed by atoms with Crippen molar-refractivity contribution in [3.8, 4) is 5.75 Å². The average molecular weight is 309 g/mol. The fourth-order valence-corrected chi connectivity index (χ4v) is 3.12. The second-order valence-corrected chi connectivity index (χ2v) is 5.80. The quantitative estimate of drug-likeness (QED) is 0.917. The molecule has 0 bridgehead atoms. The first-order valence-corrected chi connectivity index (χ1v) is 7.98. The third-order valence-electron chi connectivity index (χ3n) is 4.27. The lowest BCUT2D eigenvalue weighted by molar-refractivity contribution is 0.405. The van der Waals surface area contributed by atoms with Crippen molar-refractivity contribution >= 4 is 11.4 Å². The van der Waals surface area contributed by atoms with Crippen molar-refractivity contribution in [2.24, 2.45) is 10.8 Å². The molecule has 0 spiro atoms. The summed E-state index contributed by atoms with van der Waals surface area (Å²) in [5.41, 5.74) is 10.4. The minimum absolute atomic E-state index is 0.147. The Hall–Kier alpha value is -2.33. The van der Waals surface area contributed by atoms with Crippen LogP contribution in [0.2, 0.25) is 0 Å². The fraction of sp³-hybridized carbons (Fsp3) is 0.316. The fourth-order valence-electron chi connectivity index (χ4n) is 3.12. The number of rotatable bonds is 5. The molecule has 0 fully saturated rings. The number of nitrogens with zero attached hydrogens (tertiary/aromatic N) is 2. The SMILES string of the molecule is COc1ccccc1C1CC(CCN)=NN1c1ccccc1C. The summed E-state index contributed by atoms with van der Waals surface area (Å²) in [5.74, 6) is 0.903. The van der Waals surface area contributed by atoms with Gasteiger partial charge in [-0.15, -0.1) is 0 Å². The molecule has 0 aromatic heterocycles. The van der Waals surface area contributed by atoms with Crippen LogP contribution in [0.25, 0.3) is 0 Å². The molecule has 0 saturated heterocycles. The topological polar surface area (TPSA) is 50.9 Å². The molecule has 1 heterocycles. The van der Waals surface area contributed by atoms with Gasteiger partial charge < -0.3 is 10.5 Å². The van der Waals surface area contributed by atoms with Crippen LogP contribution in [0.5, 0.6) is 5.75 Å². The van der Waals surface area contributed by atoms with E-state index in [1.54, 1.807) is 7.11 Å². The van der Waals surface area contributed by atoms with Gasteiger partial charge in [-0.05, 0) is 37.6 Å². The van der Waals surface area contributed by atoms with Gasteiger partial charge in [0.25, 0.3) is 0 Å². The molecule has 0 amide bonds. The maximum absolute atomic E-state index is 5.74. The van der Waals surface area contributed by atoms with Gasteiger partial charge in [-0.3, -0.25) is 5.01 Å². The molecule has 1 aliphatic rings. The summed E-state index contributed by atoms with van der Waals surface area (Å²) >= 11 is 0. The van der Waals surface area contributed by atoms with E-state index < -0.39 is 0 Å². The zero-order valence-corrected chi connectivity index (χ0v) is 13.7. The van der Waals surface area contributed by atoms with E-state index in [0.29, 0.717) is 6.54 Å². The number of anilines is 1. The molecule has 0 saturated carbocycles. The van der Waals surface area contributed by atoms with Crippen molar-refractivity contribution in [1.29, 1.82) is 0 Å². The number of hydrazone groups is 1. The molecular weight excluding hydrogens is 286 g/mol. The van der Waals surface area contributed by atoms with Crippen LogP contribution in [0.4, 0.5) is 5.69 Å². The summed E-state index contributed by atoms with van der Waals surface area (Å²) in [6.07, 6.45) is 1.71. The molecule has 120 valence electrons. The number of hydrogen-bond donors (Lipinski definition) is 1. The molecular formula is C19H23N3O. The van der Waals surface area contributed by atoms with Crippen LogP contribution in [0.3, 0.4) is 0 Å². The molecule has 1 aliphatic heterocycles. The van der Waals surface area contributed by atoms with Crippen molar-refractivity contribution in [1.82, 2.24) is 0 Å². The van der Waals surface area contributed by atoms with Gasteiger partial charge in [0.05, 0.1) is 18.8 Å². The van der Waals surface area contributed by atoms with Crippen molar-refractivity contribution in [2.75, 3.05) is 18.7 Å². The highest BCUT2D eigenvalue weighted by molar-refractivity contribution is 5.89. The van der Waals surface area contributed by atoms with Crippen molar-refractivity contribution in [3.63, 3.8) is 0 Å². The zero-order valence-electron chi connectivity index (χ0n) is 13.7. The van der Waals surface area contributed by atoms with Crippen LogP contribution < -0.4 is 15.5 Å². The van der Waals surface area contributed by atoms with Crippen LogP contribution in [0.1, 0.15) is 30.0 Å². The van der Waals surface area contributed by atoms with E-state index in [4.69, 9.17) is 15.6 Å².